The fraction of sp³-hybridized carbons (Fsp3) is 0.414. The maximum absolute atomic E-state index is 12.8. The summed E-state index contributed by atoms with van der Waals surface area (Å²) in [5.41, 5.74) is 0.393. The molecule has 0 bridgehead atoms. The summed E-state index contributed by atoms with van der Waals surface area (Å²) in [5, 5.41) is 2.84. The van der Waals surface area contributed by atoms with Gasteiger partial charge in [0.05, 0.1) is 0 Å². The van der Waals surface area contributed by atoms with E-state index < -0.39 is 5.95 Å². The highest BCUT2D eigenvalue weighted by Gasteiger charge is 2.07. The molecule has 5 heteroatoms. The molecule has 1 aromatic heterocycles. The van der Waals surface area contributed by atoms with E-state index >= 15 is 0 Å². The fourth-order valence-electron chi connectivity index (χ4n) is 3.00. The molecule has 0 aromatic carbocycles. The van der Waals surface area contributed by atoms with Gasteiger partial charge in [0, 0.05) is 31.1 Å². The number of allylic oxidation sites excluding steroid dienone is 10. The van der Waals surface area contributed by atoms with Crippen LogP contribution in [0.3, 0.4) is 0 Å². The lowest BCUT2D eigenvalue weighted by Crippen LogP contribution is -2.24. The Morgan fingerprint density at radius 2 is 1.41 bits per heavy atom. The zero-order valence-electron chi connectivity index (χ0n) is 20.4. The van der Waals surface area contributed by atoms with E-state index in [-0.39, 0.29) is 11.7 Å². The lowest BCUT2D eigenvalue weighted by Gasteiger charge is -2.04. The number of halogens is 1. The summed E-state index contributed by atoms with van der Waals surface area (Å²) in [4.78, 5) is 27.3. The Kier molecular flexibility index (Phi) is 17.5. The monoisotopic (exact) mass is 466 g/mol. The molecule has 0 radical (unpaired) electrons. The van der Waals surface area contributed by atoms with Gasteiger partial charge in [-0.25, -0.2) is 4.98 Å². The van der Waals surface area contributed by atoms with Crippen LogP contribution < -0.4 is 5.32 Å². The topological polar surface area (TPSA) is 59.1 Å². The second-order valence-electron chi connectivity index (χ2n) is 7.85. The molecule has 0 spiro atoms. The third kappa shape index (κ3) is 16.5. The normalized spacial score (nSPS) is 12.2. The average Bonchev–Trinajstić information content (AvgIpc) is 2.84. The number of amides is 1. The van der Waals surface area contributed by atoms with Crippen LogP contribution in [0.4, 0.5) is 4.39 Å². The highest BCUT2D eigenvalue weighted by molar-refractivity contribution is 5.95. The van der Waals surface area contributed by atoms with Crippen molar-refractivity contribution in [3.05, 3.63) is 90.6 Å². The SMILES string of the molecule is CC/C=C\C/C=C\C/C=C\C/C=C\C/C=C\CCCC(=O)NCCCC(=O)c1ccc(F)nc1. The molecule has 0 unspecified atom stereocenters. The van der Waals surface area contributed by atoms with Crippen molar-refractivity contribution < 1.29 is 14.0 Å². The molecule has 0 aliphatic heterocycles. The van der Waals surface area contributed by atoms with E-state index in [1.165, 1.54) is 18.3 Å². The summed E-state index contributed by atoms with van der Waals surface area (Å²) in [5.74, 6) is -0.697. The number of carbonyl (C=O) groups is 2. The summed E-state index contributed by atoms with van der Waals surface area (Å²) in [7, 11) is 0. The number of nitrogens with one attached hydrogen (secondary N) is 1. The second-order valence-corrected chi connectivity index (χ2v) is 7.85. The number of pyridine rings is 1. The van der Waals surface area contributed by atoms with Gasteiger partial charge in [0.25, 0.3) is 0 Å². The highest BCUT2D eigenvalue weighted by atomic mass is 19.1. The summed E-state index contributed by atoms with van der Waals surface area (Å²) in [6, 6.07) is 2.60. The van der Waals surface area contributed by atoms with Crippen molar-refractivity contribution in [2.24, 2.45) is 0 Å². The average molecular weight is 467 g/mol. The minimum absolute atomic E-state index is 0.00301. The lowest BCUT2D eigenvalue weighted by molar-refractivity contribution is -0.121. The molecule has 0 aliphatic carbocycles. The molecule has 34 heavy (non-hydrogen) atoms. The number of hydrogen-bond acceptors (Lipinski definition) is 3. The van der Waals surface area contributed by atoms with E-state index in [1.807, 2.05) is 0 Å². The molecule has 0 fully saturated rings. The molecule has 1 heterocycles. The smallest absolute Gasteiger partial charge is 0.220 e. The van der Waals surface area contributed by atoms with Gasteiger partial charge < -0.3 is 5.32 Å². The van der Waals surface area contributed by atoms with Crippen LogP contribution in [0.15, 0.2) is 79.1 Å². The van der Waals surface area contributed by atoms with Gasteiger partial charge in [0.2, 0.25) is 11.9 Å². The van der Waals surface area contributed by atoms with Crippen LogP contribution in [0.5, 0.6) is 0 Å². The molecule has 0 saturated carbocycles. The maximum atomic E-state index is 12.8. The summed E-state index contributed by atoms with van der Waals surface area (Å²) >= 11 is 0. The van der Waals surface area contributed by atoms with Gasteiger partial charge in [-0.1, -0.05) is 67.7 Å². The summed E-state index contributed by atoms with van der Waals surface area (Å²) in [6.45, 7) is 2.60. The first-order chi connectivity index (χ1) is 16.6. The van der Waals surface area contributed by atoms with Crippen molar-refractivity contribution in [3.8, 4) is 0 Å². The molecule has 0 atom stereocenters. The van der Waals surface area contributed by atoms with Crippen LogP contribution in [-0.4, -0.2) is 23.2 Å². The van der Waals surface area contributed by atoms with Crippen molar-refractivity contribution in [3.63, 3.8) is 0 Å². The first-order valence-electron chi connectivity index (χ1n) is 12.3. The number of rotatable bonds is 18. The Hall–Kier alpha value is -3.08. The van der Waals surface area contributed by atoms with Crippen LogP contribution in [0.2, 0.25) is 0 Å². The number of aromatic nitrogens is 1. The van der Waals surface area contributed by atoms with Gasteiger partial charge in [-0.05, 0) is 63.5 Å². The van der Waals surface area contributed by atoms with Gasteiger partial charge in [0.1, 0.15) is 0 Å². The number of ketones is 1. The predicted octanol–water partition coefficient (Wildman–Crippen LogP) is 7.22. The number of Topliss-reactive ketones (excluding diaryl/α,β-unsaturated/α-hetero) is 1. The van der Waals surface area contributed by atoms with Gasteiger partial charge >= 0.3 is 0 Å². The number of hydrogen-bond donors (Lipinski definition) is 1. The highest BCUT2D eigenvalue weighted by Crippen LogP contribution is 2.05. The minimum Gasteiger partial charge on any atom is -0.356 e. The Bertz CT molecular complexity index is 836. The van der Waals surface area contributed by atoms with E-state index in [4.69, 9.17) is 0 Å². The molecule has 0 aliphatic rings. The molecule has 1 N–H and O–H groups in total. The van der Waals surface area contributed by atoms with Gasteiger partial charge in [0.15, 0.2) is 5.78 Å². The van der Waals surface area contributed by atoms with E-state index in [1.54, 1.807) is 0 Å². The number of carbonyl (C=O) groups excluding carboxylic acids is 2. The molecule has 1 aromatic rings. The quantitative estimate of drug-likeness (QED) is 0.107. The van der Waals surface area contributed by atoms with E-state index in [0.29, 0.717) is 31.4 Å². The van der Waals surface area contributed by atoms with Crippen LogP contribution in [0, 0.1) is 5.95 Å². The Morgan fingerprint density at radius 1 is 0.824 bits per heavy atom. The molecule has 184 valence electrons. The molecule has 1 rings (SSSR count). The van der Waals surface area contributed by atoms with Crippen molar-refractivity contribution >= 4 is 11.7 Å². The Morgan fingerprint density at radius 3 is 1.97 bits per heavy atom. The van der Waals surface area contributed by atoms with Crippen molar-refractivity contribution in [1.82, 2.24) is 10.3 Å². The molecular weight excluding hydrogens is 427 g/mol. The number of unbranched alkanes of at least 4 members (excludes halogenated alkanes) is 1. The van der Waals surface area contributed by atoms with Crippen molar-refractivity contribution in [1.29, 1.82) is 0 Å². The largest absolute Gasteiger partial charge is 0.356 e. The molecule has 1 amide bonds. The first kappa shape index (κ1) is 29.0. The van der Waals surface area contributed by atoms with Crippen molar-refractivity contribution in [2.45, 2.75) is 71.1 Å². The van der Waals surface area contributed by atoms with E-state index in [9.17, 15) is 14.0 Å². The standard InChI is InChI=1S/C29H39FN2O2/c1-2-3-4-5-6-7-8-9-10-11-12-13-14-15-16-17-18-21-29(34)31-24-19-20-27(33)26-22-23-28(30)32-25-26/h3-4,6-7,9-10,12-13,15-16,22-23,25H,2,5,8,11,14,17-21,24H2,1H3,(H,31,34)/b4-3-,7-6-,10-9-,13-12-,16-15-. The zero-order valence-corrected chi connectivity index (χ0v) is 20.4. The Labute approximate surface area is 204 Å². The van der Waals surface area contributed by atoms with Crippen LogP contribution in [0.1, 0.15) is 81.5 Å². The number of nitrogens with zero attached hydrogens (tertiary/aromatic N) is 1. The molecule has 0 saturated heterocycles. The van der Waals surface area contributed by atoms with Crippen LogP contribution in [0.25, 0.3) is 0 Å². The van der Waals surface area contributed by atoms with Gasteiger partial charge in [-0.2, -0.15) is 4.39 Å². The third-order valence-electron chi connectivity index (χ3n) is 4.88. The maximum Gasteiger partial charge on any atom is 0.220 e. The molecular formula is C29H39FN2O2. The summed E-state index contributed by atoms with van der Waals surface area (Å²) < 4.78 is 12.8. The first-order valence-corrected chi connectivity index (χ1v) is 12.3. The fourth-order valence-corrected chi connectivity index (χ4v) is 3.00. The van der Waals surface area contributed by atoms with Crippen LogP contribution in [-0.2, 0) is 4.79 Å². The Balaban J connectivity index is 1.97. The van der Waals surface area contributed by atoms with Gasteiger partial charge in [-0.3, -0.25) is 9.59 Å². The zero-order chi connectivity index (χ0) is 24.7. The van der Waals surface area contributed by atoms with E-state index in [2.05, 4.69) is 78.0 Å². The third-order valence-corrected chi connectivity index (χ3v) is 4.88. The van der Waals surface area contributed by atoms with Gasteiger partial charge in [-0.15, -0.1) is 0 Å². The van der Waals surface area contributed by atoms with E-state index in [0.717, 1.165) is 44.9 Å². The summed E-state index contributed by atoms with van der Waals surface area (Å²) in [6.07, 6.45) is 30.9. The predicted molar refractivity (Wildman–Crippen MR) is 139 cm³/mol. The second kappa shape index (κ2) is 20.5. The molecule has 4 nitrogen and oxygen atoms in total. The van der Waals surface area contributed by atoms with Crippen molar-refractivity contribution in [2.75, 3.05) is 6.54 Å². The lowest BCUT2D eigenvalue weighted by atomic mass is 10.1. The van der Waals surface area contributed by atoms with Crippen LogP contribution >= 0.6 is 0 Å². The minimum atomic E-state index is -0.603.